The van der Waals surface area contributed by atoms with Gasteiger partial charge < -0.3 is 19.1 Å². The fraction of sp³-hybridized carbons (Fsp3) is 0.242. The molecule has 1 N–H and O–H groups in total. The predicted molar refractivity (Wildman–Crippen MR) is 159 cm³/mol. The zero-order valence-electron chi connectivity index (χ0n) is 23.5. The van der Waals surface area contributed by atoms with Crippen molar-refractivity contribution in [2.45, 2.75) is 32.9 Å². The molecule has 1 aliphatic rings. The smallest absolute Gasteiger partial charge is 0.335 e. The summed E-state index contributed by atoms with van der Waals surface area (Å²) in [7, 11) is 0. The number of carboxylic acids is 1. The Morgan fingerprint density at radius 1 is 1.05 bits per heavy atom. The van der Waals surface area contributed by atoms with Gasteiger partial charge in [-0.05, 0) is 48.0 Å². The third-order valence-electron chi connectivity index (χ3n) is 7.78. The molecule has 0 saturated carbocycles. The van der Waals surface area contributed by atoms with Gasteiger partial charge >= 0.3 is 5.97 Å². The van der Waals surface area contributed by atoms with Gasteiger partial charge in [-0.15, -0.1) is 0 Å². The molecule has 220 valence electrons. The van der Waals surface area contributed by atoms with E-state index in [0.29, 0.717) is 57.5 Å². The molecule has 1 fully saturated rings. The van der Waals surface area contributed by atoms with Gasteiger partial charge in [0, 0.05) is 34.1 Å². The number of aromatic carboxylic acids is 1. The molecule has 43 heavy (non-hydrogen) atoms. The van der Waals surface area contributed by atoms with E-state index in [4.69, 9.17) is 26.1 Å². The third-order valence-corrected chi connectivity index (χ3v) is 8.02. The Hall–Kier alpha value is -4.34. The number of pyridine rings is 1. The van der Waals surface area contributed by atoms with Crippen LogP contribution in [-0.4, -0.2) is 38.8 Å². The lowest BCUT2D eigenvalue weighted by Crippen LogP contribution is -2.27. The monoisotopic (exact) mass is 603 g/mol. The molecular formula is C33H28ClF2N3O4. The average Bonchev–Trinajstić information content (AvgIpc) is 3.50. The quantitative estimate of drug-likeness (QED) is 0.198. The van der Waals surface area contributed by atoms with Crippen molar-refractivity contribution >= 4 is 28.6 Å². The van der Waals surface area contributed by atoms with E-state index in [9.17, 15) is 14.3 Å². The molecule has 0 bridgehead atoms. The Balaban J connectivity index is 1.28. The van der Waals surface area contributed by atoms with Gasteiger partial charge in [0.05, 0.1) is 41.5 Å². The third kappa shape index (κ3) is 5.83. The van der Waals surface area contributed by atoms with Crippen LogP contribution in [0.5, 0.6) is 5.88 Å². The van der Waals surface area contributed by atoms with Gasteiger partial charge in [0.1, 0.15) is 24.1 Å². The van der Waals surface area contributed by atoms with E-state index in [0.717, 1.165) is 0 Å². The molecule has 1 atom stereocenters. The van der Waals surface area contributed by atoms with Crippen LogP contribution in [0, 0.1) is 17.0 Å². The van der Waals surface area contributed by atoms with Gasteiger partial charge in [-0.2, -0.15) is 0 Å². The first-order valence-electron chi connectivity index (χ1n) is 13.7. The van der Waals surface area contributed by atoms with E-state index < -0.39 is 17.6 Å². The van der Waals surface area contributed by atoms with Crippen molar-refractivity contribution in [2.75, 3.05) is 13.2 Å². The number of fused-ring (bicyclic) bond motifs is 1. The zero-order chi connectivity index (χ0) is 30.3. The highest BCUT2D eigenvalue weighted by molar-refractivity contribution is 6.30. The van der Waals surface area contributed by atoms with Crippen LogP contribution in [0.15, 0.2) is 72.8 Å². The summed E-state index contributed by atoms with van der Waals surface area (Å²) in [6.45, 7) is 5.13. The van der Waals surface area contributed by atoms with Crippen molar-refractivity contribution in [3.63, 3.8) is 0 Å². The van der Waals surface area contributed by atoms with E-state index in [1.807, 2.05) is 4.57 Å². The first-order chi connectivity index (χ1) is 20.6. The van der Waals surface area contributed by atoms with Gasteiger partial charge in [0.2, 0.25) is 5.88 Å². The molecule has 1 unspecified atom stereocenters. The predicted octanol–water partition coefficient (Wildman–Crippen LogP) is 7.50. The van der Waals surface area contributed by atoms with E-state index in [1.165, 1.54) is 18.2 Å². The van der Waals surface area contributed by atoms with Crippen molar-refractivity contribution in [1.82, 2.24) is 14.5 Å². The molecule has 0 spiro atoms. The SMILES string of the molecule is CC1(C)COCC1n1c(Cc2ccc(-c3cccc(OCc4ccc(Cl)cc4F)n3)cc2F)nc2ccc(C(=O)O)cc21. The Morgan fingerprint density at radius 2 is 1.84 bits per heavy atom. The van der Waals surface area contributed by atoms with Gasteiger partial charge in [0.25, 0.3) is 0 Å². The zero-order valence-corrected chi connectivity index (χ0v) is 24.2. The van der Waals surface area contributed by atoms with Gasteiger partial charge in [-0.3, -0.25) is 0 Å². The van der Waals surface area contributed by atoms with Gasteiger partial charge in [-0.1, -0.05) is 49.7 Å². The van der Waals surface area contributed by atoms with Crippen LogP contribution in [0.1, 0.15) is 47.2 Å². The average molecular weight is 604 g/mol. The summed E-state index contributed by atoms with van der Waals surface area (Å²) in [6, 6.07) is 19.1. The van der Waals surface area contributed by atoms with Crippen LogP contribution in [0.4, 0.5) is 8.78 Å². The normalized spacial score (nSPS) is 16.1. The number of rotatable bonds is 8. The molecule has 0 amide bonds. The second-order valence-corrected chi connectivity index (χ2v) is 11.7. The summed E-state index contributed by atoms with van der Waals surface area (Å²) in [4.78, 5) is 21.0. The minimum Gasteiger partial charge on any atom is -0.478 e. The number of carboxylic acid groups (broad SMARTS) is 1. The first kappa shape index (κ1) is 28.8. The van der Waals surface area contributed by atoms with E-state index in [1.54, 1.807) is 54.6 Å². The van der Waals surface area contributed by atoms with Crippen LogP contribution in [0.3, 0.4) is 0 Å². The van der Waals surface area contributed by atoms with Gasteiger partial charge in [-0.25, -0.2) is 23.5 Å². The number of hydrogen-bond acceptors (Lipinski definition) is 5. The lowest BCUT2D eigenvalue weighted by molar-refractivity contribution is 0.0697. The summed E-state index contributed by atoms with van der Waals surface area (Å²) in [5.74, 6) is -1.04. The highest BCUT2D eigenvalue weighted by Gasteiger charge is 2.39. The molecule has 5 aromatic rings. The van der Waals surface area contributed by atoms with E-state index in [-0.39, 0.29) is 35.9 Å². The molecule has 2 aromatic heterocycles. The Labute approximate surface area is 251 Å². The van der Waals surface area contributed by atoms with Crippen LogP contribution < -0.4 is 4.74 Å². The maximum Gasteiger partial charge on any atom is 0.335 e. The molecule has 10 heteroatoms. The maximum absolute atomic E-state index is 15.6. The van der Waals surface area contributed by atoms with Gasteiger partial charge in [0.15, 0.2) is 0 Å². The standard InChI is InChI=1S/C33H28ClF2N3O4/c1-33(2)18-42-17-29(33)39-28-13-21(32(40)41)9-11-27(28)37-30(39)14-19-6-7-20(12-24(19)35)26-4-3-5-31(38-26)43-16-22-8-10-23(34)15-25(22)36/h3-13,15,29H,14,16-18H2,1-2H3,(H,40,41). The topological polar surface area (TPSA) is 86.5 Å². The summed E-state index contributed by atoms with van der Waals surface area (Å²) < 4.78 is 43.2. The molecule has 6 rings (SSSR count). The minimum atomic E-state index is -1.03. The molecule has 3 aromatic carbocycles. The van der Waals surface area contributed by atoms with Crippen molar-refractivity contribution in [3.8, 4) is 17.1 Å². The number of aromatic nitrogens is 3. The Bertz CT molecular complexity index is 1860. The number of benzene rings is 3. The summed E-state index contributed by atoms with van der Waals surface area (Å²) in [6.07, 6.45) is 0.193. The summed E-state index contributed by atoms with van der Waals surface area (Å²) in [5, 5.41) is 9.88. The van der Waals surface area contributed by atoms with Crippen molar-refractivity contribution in [3.05, 3.63) is 112 Å². The summed E-state index contributed by atoms with van der Waals surface area (Å²) >= 11 is 5.82. The van der Waals surface area contributed by atoms with Crippen LogP contribution in [-0.2, 0) is 17.8 Å². The number of nitrogens with zero attached hydrogens (tertiary/aromatic N) is 3. The Morgan fingerprint density at radius 3 is 2.56 bits per heavy atom. The number of imidazole rings is 1. The minimum absolute atomic E-state index is 0.0371. The largest absolute Gasteiger partial charge is 0.478 e. The highest BCUT2D eigenvalue weighted by Crippen LogP contribution is 2.40. The second kappa shape index (κ2) is 11.4. The molecule has 0 aliphatic carbocycles. The molecule has 1 saturated heterocycles. The fourth-order valence-electron chi connectivity index (χ4n) is 5.39. The molecule has 1 aliphatic heterocycles. The molecule has 0 radical (unpaired) electrons. The number of ether oxygens (including phenoxy) is 2. The number of halogens is 3. The van der Waals surface area contributed by atoms with E-state index in [2.05, 4.69) is 18.8 Å². The fourth-order valence-corrected chi connectivity index (χ4v) is 5.55. The lowest BCUT2D eigenvalue weighted by atomic mass is 9.87. The molecule has 3 heterocycles. The van der Waals surface area contributed by atoms with Crippen LogP contribution in [0.25, 0.3) is 22.3 Å². The maximum atomic E-state index is 15.6. The molecular weight excluding hydrogens is 576 g/mol. The van der Waals surface area contributed by atoms with E-state index >= 15 is 4.39 Å². The second-order valence-electron chi connectivity index (χ2n) is 11.3. The Kier molecular flexibility index (Phi) is 7.62. The van der Waals surface area contributed by atoms with Crippen molar-refractivity contribution < 1.29 is 28.2 Å². The summed E-state index contributed by atoms with van der Waals surface area (Å²) in [5.41, 5.74) is 3.05. The highest BCUT2D eigenvalue weighted by atomic mass is 35.5. The van der Waals surface area contributed by atoms with Crippen molar-refractivity contribution in [2.24, 2.45) is 5.41 Å². The van der Waals surface area contributed by atoms with Crippen LogP contribution in [0.2, 0.25) is 5.02 Å². The lowest BCUT2D eigenvalue weighted by Gasteiger charge is -2.28. The number of carbonyl (C=O) groups is 1. The first-order valence-corrected chi connectivity index (χ1v) is 14.1. The van der Waals surface area contributed by atoms with Crippen molar-refractivity contribution in [1.29, 1.82) is 0 Å². The van der Waals surface area contributed by atoms with Crippen LogP contribution >= 0.6 is 11.6 Å². The number of hydrogen-bond donors (Lipinski definition) is 1. The molecule has 7 nitrogen and oxygen atoms in total.